The van der Waals surface area contributed by atoms with Crippen molar-refractivity contribution in [3.05, 3.63) is 73.6 Å². The number of hydrogen-bond donors (Lipinski definition) is 1. The van der Waals surface area contributed by atoms with E-state index in [1.54, 1.807) is 18.3 Å². The molecule has 1 atom stereocenters. The fourth-order valence-corrected chi connectivity index (χ4v) is 5.82. The molecule has 1 N–H and O–H groups in total. The molecule has 0 radical (unpaired) electrons. The Balaban J connectivity index is 1.64. The van der Waals surface area contributed by atoms with Crippen molar-refractivity contribution < 1.29 is 18.3 Å². The quantitative estimate of drug-likeness (QED) is 0.537. The highest BCUT2D eigenvalue weighted by molar-refractivity contribution is 7.17. The van der Waals surface area contributed by atoms with Crippen LogP contribution in [-0.2, 0) is 12.6 Å². The standard InChI is InChI=1S/C25H23ClF3N5OS/c1-33-8-7-18(13-33)34(2)24-31-23(35)22(36-24)19(14-4-6-21-16(9-14)12-30-32-21)10-15-3-5-17(26)11-20(15)25(27,28)29/h3-6,9,11-12,18,35H,7-8,10,13H2,1-2H3. The Morgan fingerprint density at radius 2 is 2.06 bits per heavy atom. The summed E-state index contributed by atoms with van der Waals surface area (Å²) in [6, 6.07) is 9.37. The van der Waals surface area contributed by atoms with Crippen molar-refractivity contribution in [3.63, 3.8) is 0 Å². The SMILES string of the molecule is CN1CCC(N(C)c2nc(O)c(C(Cc3ccc(Cl)cc3C(F)(F)F)=c3ccc4c(c3)C=NN=4)s2)C1. The van der Waals surface area contributed by atoms with E-state index in [9.17, 15) is 18.3 Å². The van der Waals surface area contributed by atoms with E-state index in [2.05, 4.69) is 27.1 Å². The maximum Gasteiger partial charge on any atom is 0.416 e. The molecule has 0 spiro atoms. The maximum absolute atomic E-state index is 13.9. The minimum Gasteiger partial charge on any atom is -0.492 e. The highest BCUT2D eigenvalue weighted by Gasteiger charge is 2.34. The first-order chi connectivity index (χ1) is 17.1. The molecule has 2 aromatic carbocycles. The summed E-state index contributed by atoms with van der Waals surface area (Å²) < 4.78 is 41.7. The molecule has 3 aromatic rings. The van der Waals surface area contributed by atoms with E-state index in [0.717, 1.165) is 31.1 Å². The van der Waals surface area contributed by atoms with Gasteiger partial charge in [0.1, 0.15) is 0 Å². The zero-order valence-electron chi connectivity index (χ0n) is 19.6. The molecular formula is C25H23ClF3N5OS. The van der Waals surface area contributed by atoms with Crippen molar-refractivity contribution in [1.29, 1.82) is 0 Å². The van der Waals surface area contributed by atoms with Crippen LogP contribution in [0.2, 0.25) is 5.02 Å². The topological polar surface area (TPSA) is 64.3 Å². The average molecular weight is 534 g/mol. The van der Waals surface area contributed by atoms with Gasteiger partial charge in [0.2, 0.25) is 5.88 Å². The summed E-state index contributed by atoms with van der Waals surface area (Å²) in [6.45, 7) is 1.84. The van der Waals surface area contributed by atoms with Crippen LogP contribution in [0.3, 0.4) is 0 Å². The second-order valence-corrected chi connectivity index (χ2v) is 10.5. The zero-order valence-corrected chi connectivity index (χ0v) is 21.1. The number of aromatic hydroxyl groups is 1. The second kappa shape index (κ2) is 9.49. The molecule has 5 rings (SSSR count). The van der Waals surface area contributed by atoms with E-state index in [1.807, 2.05) is 18.0 Å². The maximum atomic E-state index is 13.9. The first kappa shape index (κ1) is 24.7. The van der Waals surface area contributed by atoms with Gasteiger partial charge in [-0.2, -0.15) is 28.4 Å². The smallest absolute Gasteiger partial charge is 0.416 e. The van der Waals surface area contributed by atoms with Crippen LogP contribution in [-0.4, -0.2) is 54.4 Å². The van der Waals surface area contributed by atoms with Gasteiger partial charge in [0, 0.05) is 36.6 Å². The predicted molar refractivity (Wildman–Crippen MR) is 136 cm³/mol. The monoisotopic (exact) mass is 533 g/mol. The van der Waals surface area contributed by atoms with E-state index in [4.69, 9.17) is 11.6 Å². The van der Waals surface area contributed by atoms with Gasteiger partial charge in [-0.3, -0.25) is 0 Å². The number of likely N-dealkylation sites (tertiary alicyclic amines) is 1. The number of fused-ring (bicyclic) bond motifs is 1. The van der Waals surface area contributed by atoms with Crippen molar-refractivity contribution >= 4 is 39.9 Å². The van der Waals surface area contributed by atoms with Crippen LogP contribution in [0.4, 0.5) is 18.3 Å². The molecule has 6 nitrogen and oxygen atoms in total. The first-order valence-electron chi connectivity index (χ1n) is 11.3. The third-order valence-electron chi connectivity index (χ3n) is 6.57. The molecule has 3 heterocycles. The average Bonchev–Trinajstić information content (AvgIpc) is 3.56. The number of nitrogens with zero attached hydrogens (tertiary/aromatic N) is 5. The van der Waals surface area contributed by atoms with Gasteiger partial charge in [-0.25, -0.2) is 0 Å². The Kier molecular flexibility index (Phi) is 6.52. The third kappa shape index (κ3) is 4.85. The summed E-state index contributed by atoms with van der Waals surface area (Å²) >= 11 is 7.18. The molecule has 1 unspecified atom stereocenters. The molecule has 1 fully saturated rings. The van der Waals surface area contributed by atoms with Crippen LogP contribution in [0.25, 0.3) is 5.57 Å². The van der Waals surface area contributed by atoms with Gasteiger partial charge in [-0.15, -0.1) is 0 Å². The molecule has 0 amide bonds. The summed E-state index contributed by atoms with van der Waals surface area (Å²) in [6.07, 6.45) is -2.09. The molecule has 0 bridgehead atoms. The summed E-state index contributed by atoms with van der Waals surface area (Å²) in [5.74, 6) is -0.204. The van der Waals surface area contributed by atoms with Crippen LogP contribution < -0.4 is 15.5 Å². The Hall–Kier alpha value is -2.95. The number of thiazole rings is 1. The molecule has 11 heteroatoms. The number of hydrogen-bond acceptors (Lipinski definition) is 7. The van der Waals surface area contributed by atoms with Gasteiger partial charge < -0.3 is 14.9 Å². The molecule has 188 valence electrons. The molecule has 36 heavy (non-hydrogen) atoms. The lowest BCUT2D eigenvalue weighted by atomic mass is 9.96. The summed E-state index contributed by atoms with van der Waals surface area (Å²) in [5, 5.41) is 20.8. The number of rotatable bonds is 5. The lowest BCUT2D eigenvalue weighted by Crippen LogP contribution is -2.33. The van der Waals surface area contributed by atoms with Gasteiger partial charge in [0.05, 0.1) is 22.0 Å². The highest BCUT2D eigenvalue weighted by atomic mass is 35.5. The van der Waals surface area contributed by atoms with Crippen molar-refractivity contribution in [2.75, 3.05) is 32.1 Å². The molecule has 0 saturated carbocycles. The number of likely N-dealkylation sites (N-methyl/N-ethyl adjacent to an activating group) is 2. The fraction of sp³-hybridized carbons (Fsp3) is 0.320. The van der Waals surface area contributed by atoms with Gasteiger partial charge in [0.15, 0.2) is 5.13 Å². The third-order valence-corrected chi connectivity index (χ3v) is 8.00. The first-order valence-corrected chi connectivity index (χ1v) is 12.5. The Morgan fingerprint density at radius 1 is 1.25 bits per heavy atom. The number of alkyl halides is 3. The van der Waals surface area contributed by atoms with Crippen LogP contribution in [0.15, 0.2) is 46.6 Å². The second-order valence-electron chi connectivity index (χ2n) is 9.04. The number of aromatic nitrogens is 1. The summed E-state index contributed by atoms with van der Waals surface area (Å²) in [5.41, 5.74) is 0.540. The largest absolute Gasteiger partial charge is 0.492 e. The number of halogens is 4. The normalized spacial score (nSPS) is 18.3. The molecule has 0 aliphatic carbocycles. The van der Waals surface area contributed by atoms with Gasteiger partial charge in [-0.05, 0) is 60.6 Å². The Morgan fingerprint density at radius 3 is 2.78 bits per heavy atom. The molecular weight excluding hydrogens is 511 g/mol. The van der Waals surface area contributed by atoms with Gasteiger partial charge in [0.25, 0.3) is 0 Å². The summed E-state index contributed by atoms with van der Waals surface area (Å²) in [4.78, 5) is 9.09. The van der Waals surface area contributed by atoms with E-state index < -0.39 is 11.7 Å². The predicted octanol–water partition coefficient (Wildman–Crippen LogP) is 4.07. The zero-order chi connectivity index (χ0) is 25.6. The van der Waals surface area contributed by atoms with Crippen LogP contribution in [0.5, 0.6) is 5.88 Å². The van der Waals surface area contributed by atoms with E-state index >= 15 is 0 Å². The van der Waals surface area contributed by atoms with Gasteiger partial charge in [-0.1, -0.05) is 35.1 Å². The minimum absolute atomic E-state index is 0.00839. The number of benzene rings is 2. The molecule has 1 saturated heterocycles. The van der Waals surface area contributed by atoms with Gasteiger partial charge >= 0.3 is 6.18 Å². The lowest BCUT2D eigenvalue weighted by molar-refractivity contribution is -0.138. The van der Waals surface area contributed by atoms with Crippen molar-refractivity contribution in [2.45, 2.75) is 25.1 Å². The lowest BCUT2D eigenvalue weighted by Gasteiger charge is -2.23. The molecule has 1 aromatic heterocycles. The van der Waals surface area contributed by atoms with Crippen molar-refractivity contribution in [2.24, 2.45) is 10.2 Å². The van der Waals surface area contributed by atoms with Crippen LogP contribution in [0.1, 0.15) is 28.0 Å². The van der Waals surface area contributed by atoms with Crippen LogP contribution >= 0.6 is 22.9 Å². The molecule has 2 aliphatic rings. The highest BCUT2D eigenvalue weighted by Crippen LogP contribution is 2.40. The Bertz CT molecular complexity index is 1470. The number of anilines is 1. The summed E-state index contributed by atoms with van der Waals surface area (Å²) in [7, 11) is 3.98. The minimum atomic E-state index is -4.58. The van der Waals surface area contributed by atoms with Crippen molar-refractivity contribution in [1.82, 2.24) is 9.88 Å². The van der Waals surface area contributed by atoms with Crippen LogP contribution in [0, 0.1) is 0 Å². The Labute approximate surface area is 214 Å². The fourth-order valence-electron chi connectivity index (χ4n) is 4.59. The van der Waals surface area contributed by atoms with E-state index in [1.165, 1.54) is 23.5 Å². The van der Waals surface area contributed by atoms with E-state index in [-0.39, 0.29) is 28.9 Å². The van der Waals surface area contributed by atoms with E-state index in [0.29, 0.717) is 26.2 Å². The van der Waals surface area contributed by atoms with Crippen molar-refractivity contribution in [3.8, 4) is 5.88 Å². The molecule has 2 aliphatic heterocycles.